The topological polar surface area (TPSA) is 114 Å². The van der Waals surface area contributed by atoms with Crippen molar-refractivity contribution < 1.29 is 28.7 Å². The molecule has 238 valence electrons. The first-order chi connectivity index (χ1) is 20.5. The molecule has 0 aliphatic rings. The molecule has 2 rings (SSSR count). The van der Waals surface area contributed by atoms with Crippen molar-refractivity contribution in [3.8, 4) is 12.3 Å². The Morgan fingerprint density at radius 2 is 1.43 bits per heavy atom. The van der Waals surface area contributed by atoms with Gasteiger partial charge in [0.05, 0.1) is 0 Å². The second kappa shape index (κ2) is 15.7. The number of hydrogen-bond acceptors (Lipinski definition) is 7. The zero-order valence-electron chi connectivity index (χ0n) is 26.8. The average molecular weight is 624 g/mol. The van der Waals surface area contributed by atoms with Gasteiger partial charge in [-0.15, -0.1) is 6.42 Å². The van der Waals surface area contributed by atoms with Gasteiger partial charge < -0.3 is 25.0 Å². The van der Waals surface area contributed by atoms with Gasteiger partial charge in [-0.05, 0) is 72.6 Å². The summed E-state index contributed by atoms with van der Waals surface area (Å²) in [7, 11) is 0. The van der Waals surface area contributed by atoms with Crippen LogP contribution in [0.25, 0.3) is 0 Å². The Hall–Kier alpha value is -3.97. The first-order valence-corrected chi connectivity index (χ1v) is 15.2. The number of alkyl carbamates (subject to hydrolysis) is 1. The van der Waals surface area contributed by atoms with E-state index in [1.807, 2.05) is 30.3 Å². The summed E-state index contributed by atoms with van der Waals surface area (Å²) in [6.45, 7) is 13.8. The highest BCUT2D eigenvalue weighted by atomic mass is 32.1. The van der Waals surface area contributed by atoms with Crippen molar-refractivity contribution in [1.82, 2.24) is 15.5 Å². The number of carbonyl (C=O) groups excluding carboxylic acids is 4. The number of thiol groups is 1. The largest absolute Gasteiger partial charge is 0.458 e. The number of rotatable bonds is 11. The maximum Gasteiger partial charge on any atom is 0.408 e. The fourth-order valence-electron chi connectivity index (χ4n) is 4.45. The van der Waals surface area contributed by atoms with Crippen molar-refractivity contribution in [2.75, 3.05) is 5.75 Å². The molecular weight excluding hydrogens is 578 g/mol. The van der Waals surface area contributed by atoms with Crippen molar-refractivity contribution in [2.45, 2.75) is 97.2 Å². The second-order valence-corrected chi connectivity index (χ2v) is 13.0. The van der Waals surface area contributed by atoms with Crippen LogP contribution in [0.1, 0.15) is 78.1 Å². The summed E-state index contributed by atoms with van der Waals surface area (Å²) in [5, 5.41) is 5.42. The molecule has 2 aromatic carbocycles. The minimum absolute atomic E-state index is 0.0685. The lowest BCUT2D eigenvalue weighted by atomic mass is 9.96. The molecule has 0 aliphatic heterocycles. The van der Waals surface area contributed by atoms with Crippen LogP contribution in [0.2, 0.25) is 0 Å². The quantitative estimate of drug-likeness (QED) is 0.188. The SMILES string of the molecule is C#Cc1ccccc1C(C(=O)NC(Cc1ccccc1)C(=O)OC(C)(C)C)N(C(=O)C(CS)NC(=O)OC(C)(C)C)C(C)C. The van der Waals surface area contributed by atoms with Crippen LogP contribution in [0.5, 0.6) is 0 Å². The third kappa shape index (κ3) is 10.9. The molecule has 0 saturated heterocycles. The molecule has 0 aliphatic carbocycles. The number of carbonyl (C=O) groups is 4. The number of nitrogens with one attached hydrogen (secondary N) is 2. The fourth-order valence-corrected chi connectivity index (χ4v) is 4.69. The van der Waals surface area contributed by atoms with Gasteiger partial charge in [0, 0.05) is 23.8 Å². The molecule has 2 N–H and O–H groups in total. The van der Waals surface area contributed by atoms with E-state index in [-0.39, 0.29) is 12.2 Å². The number of benzene rings is 2. The lowest BCUT2D eigenvalue weighted by Crippen LogP contribution is -2.57. The number of nitrogens with zero attached hydrogens (tertiary/aromatic N) is 1. The molecule has 0 fully saturated rings. The molecule has 3 atom stereocenters. The van der Waals surface area contributed by atoms with Crippen molar-refractivity contribution in [1.29, 1.82) is 0 Å². The van der Waals surface area contributed by atoms with Gasteiger partial charge in [0.1, 0.15) is 29.3 Å². The van der Waals surface area contributed by atoms with E-state index >= 15 is 0 Å². The lowest BCUT2D eigenvalue weighted by molar-refractivity contribution is -0.159. The van der Waals surface area contributed by atoms with Crippen molar-refractivity contribution in [2.24, 2.45) is 0 Å². The second-order valence-electron chi connectivity index (χ2n) is 12.6. The van der Waals surface area contributed by atoms with Gasteiger partial charge >= 0.3 is 12.1 Å². The number of terminal acetylenes is 1. The van der Waals surface area contributed by atoms with Gasteiger partial charge in [-0.25, -0.2) is 9.59 Å². The third-order valence-corrected chi connectivity index (χ3v) is 6.58. The van der Waals surface area contributed by atoms with E-state index in [9.17, 15) is 19.2 Å². The summed E-state index contributed by atoms with van der Waals surface area (Å²) in [5.74, 6) is 0.684. The molecule has 3 amide bonds. The van der Waals surface area contributed by atoms with E-state index < -0.39 is 59.2 Å². The van der Waals surface area contributed by atoms with Gasteiger partial charge in [-0.2, -0.15) is 12.6 Å². The highest BCUT2D eigenvalue weighted by Gasteiger charge is 2.40. The maximum atomic E-state index is 14.3. The normalized spacial score (nSPS) is 13.6. The molecule has 10 heteroatoms. The van der Waals surface area contributed by atoms with Crippen LogP contribution in [0.4, 0.5) is 4.79 Å². The monoisotopic (exact) mass is 623 g/mol. The third-order valence-electron chi connectivity index (χ3n) is 6.21. The van der Waals surface area contributed by atoms with Crippen LogP contribution in [0, 0.1) is 12.3 Å². The zero-order valence-corrected chi connectivity index (χ0v) is 27.7. The molecule has 3 unspecified atom stereocenters. The van der Waals surface area contributed by atoms with Gasteiger partial charge in [0.25, 0.3) is 0 Å². The van der Waals surface area contributed by atoms with Gasteiger partial charge in [0.2, 0.25) is 11.8 Å². The zero-order chi connectivity index (χ0) is 33.2. The van der Waals surface area contributed by atoms with Crippen LogP contribution >= 0.6 is 12.6 Å². The van der Waals surface area contributed by atoms with E-state index in [4.69, 9.17) is 15.9 Å². The summed E-state index contributed by atoms with van der Waals surface area (Å²) < 4.78 is 11.0. The molecule has 44 heavy (non-hydrogen) atoms. The minimum Gasteiger partial charge on any atom is -0.458 e. The van der Waals surface area contributed by atoms with Crippen LogP contribution in [-0.2, 0) is 30.3 Å². The summed E-state index contributed by atoms with van der Waals surface area (Å²) in [5.41, 5.74) is -0.0230. The molecule has 0 aromatic heterocycles. The Morgan fingerprint density at radius 1 is 0.864 bits per heavy atom. The van der Waals surface area contributed by atoms with Crippen LogP contribution < -0.4 is 10.6 Å². The lowest BCUT2D eigenvalue weighted by Gasteiger charge is -2.38. The van der Waals surface area contributed by atoms with Crippen LogP contribution in [0.15, 0.2) is 54.6 Å². The first-order valence-electron chi connectivity index (χ1n) is 14.5. The highest BCUT2D eigenvalue weighted by molar-refractivity contribution is 7.80. The van der Waals surface area contributed by atoms with E-state index in [0.717, 1.165) is 5.56 Å². The van der Waals surface area contributed by atoms with Crippen molar-refractivity contribution in [3.63, 3.8) is 0 Å². The van der Waals surface area contributed by atoms with E-state index in [1.165, 1.54) is 4.90 Å². The Morgan fingerprint density at radius 3 is 1.95 bits per heavy atom. The maximum absolute atomic E-state index is 14.3. The van der Waals surface area contributed by atoms with Crippen molar-refractivity contribution >= 4 is 36.5 Å². The summed E-state index contributed by atoms with van der Waals surface area (Å²) in [6.07, 6.45) is 5.18. The molecule has 2 aromatic rings. The molecule has 0 bridgehead atoms. The van der Waals surface area contributed by atoms with E-state index in [1.54, 1.807) is 79.7 Å². The van der Waals surface area contributed by atoms with Gasteiger partial charge in [0.15, 0.2) is 0 Å². The van der Waals surface area contributed by atoms with Crippen LogP contribution in [0.3, 0.4) is 0 Å². The summed E-state index contributed by atoms with van der Waals surface area (Å²) >= 11 is 4.32. The average Bonchev–Trinajstić information content (AvgIpc) is 2.92. The molecular formula is C34H45N3O6S. The smallest absolute Gasteiger partial charge is 0.408 e. The number of ether oxygens (including phenoxy) is 2. The number of esters is 1. The molecule has 0 saturated carbocycles. The van der Waals surface area contributed by atoms with E-state index in [0.29, 0.717) is 11.1 Å². The Bertz CT molecular complexity index is 1340. The van der Waals surface area contributed by atoms with Crippen molar-refractivity contribution in [3.05, 3.63) is 71.3 Å². The van der Waals surface area contributed by atoms with Gasteiger partial charge in [-0.3, -0.25) is 9.59 Å². The van der Waals surface area contributed by atoms with Gasteiger partial charge in [-0.1, -0.05) is 54.5 Å². The standard InChI is InChI=1S/C34H45N3O6S/c1-10-24-18-14-15-19-25(24)28(37(22(2)3)30(39)27(21-44)36-32(41)43-34(7,8)9)29(38)35-26(31(40)42-33(4,5)6)20-23-16-12-11-13-17-23/h1,11-19,22,26-28,44H,20-21H2,2-9H3,(H,35,38)(H,36,41). The minimum atomic E-state index is -1.27. The van der Waals surface area contributed by atoms with E-state index in [2.05, 4.69) is 29.2 Å². The Balaban J connectivity index is 2.60. The Kier molecular flexibility index (Phi) is 12.9. The first kappa shape index (κ1) is 36.2. The number of hydrogen-bond donors (Lipinski definition) is 3. The molecule has 9 nitrogen and oxygen atoms in total. The molecule has 0 radical (unpaired) electrons. The number of amides is 3. The fraction of sp³-hybridized carbons (Fsp3) is 0.471. The summed E-state index contributed by atoms with van der Waals surface area (Å²) in [6, 6.07) is 12.0. The van der Waals surface area contributed by atoms with Crippen LogP contribution in [-0.4, -0.2) is 63.9 Å². The predicted octanol–water partition coefficient (Wildman–Crippen LogP) is 4.84. The molecule has 0 heterocycles. The summed E-state index contributed by atoms with van der Waals surface area (Å²) in [4.78, 5) is 55.8. The predicted molar refractivity (Wildman–Crippen MR) is 174 cm³/mol. The molecule has 0 spiro atoms. The Labute approximate surface area is 266 Å². The highest BCUT2D eigenvalue weighted by Crippen LogP contribution is 2.28.